The Kier molecular flexibility index (Phi) is 16.2. The molecule has 0 radical (unpaired) electrons. The zero-order chi connectivity index (χ0) is 19.7. The summed E-state index contributed by atoms with van der Waals surface area (Å²) >= 11 is 0. The van der Waals surface area contributed by atoms with Gasteiger partial charge in [-0.05, 0) is 45.3 Å². The molecule has 0 N–H and O–H groups in total. The lowest BCUT2D eigenvalue weighted by Crippen LogP contribution is -2.31. The Morgan fingerprint density at radius 2 is 1.54 bits per heavy atom. The first kappa shape index (κ1) is 25.4. The lowest BCUT2D eigenvalue weighted by molar-refractivity contribution is -0.140. The summed E-state index contributed by atoms with van der Waals surface area (Å²) < 4.78 is 11.0. The number of ether oxygens (including phenoxy) is 1. The number of hydrogen-bond donors (Lipinski definition) is 0. The smallest absolute Gasteiger partial charge is 0.305 e. The van der Waals surface area contributed by atoms with Crippen molar-refractivity contribution in [1.29, 1.82) is 0 Å². The maximum absolute atomic E-state index is 11.1. The van der Waals surface area contributed by atoms with Gasteiger partial charge >= 0.3 is 5.97 Å². The van der Waals surface area contributed by atoms with Gasteiger partial charge in [0.1, 0.15) is 0 Å². The van der Waals surface area contributed by atoms with Gasteiger partial charge in [0.15, 0.2) is 8.32 Å². The molecule has 0 aliphatic carbocycles. The summed E-state index contributed by atoms with van der Waals surface area (Å²) in [7, 11) is -0.0378. The van der Waals surface area contributed by atoms with Gasteiger partial charge in [0.2, 0.25) is 0 Å². The van der Waals surface area contributed by atoms with Crippen molar-refractivity contribution in [3.05, 3.63) is 12.2 Å². The van der Waals surface area contributed by atoms with Crippen LogP contribution in [0.25, 0.3) is 0 Å². The minimum Gasteiger partial charge on any atom is -0.469 e. The van der Waals surface area contributed by atoms with Crippen LogP contribution in [0.4, 0.5) is 0 Å². The molecule has 0 aromatic carbocycles. The van der Waals surface area contributed by atoms with Crippen LogP contribution in [0.15, 0.2) is 12.2 Å². The molecule has 0 aromatic rings. The summed E-state index contributed by atoms with van der Waals surface area (Å²) in [6, 6.07) is 0. The Labute approximate surface area is 164 Å². The third-order valence-corrected chi connectivity index (χ3v) is 5.44. The third-order valence-electron chi connectivity index (χ3n) is 4.43. The van der Waals surface area contributed by atoms with Crippen molar-refractivity contribution >= 4 is 14.3 Å². The molecule has 0 amide bonds. The monoisotopic (exact) mass is 384 g/mol. The highest BCUT2D eigenvalue weighted by Crippen LogP contribution is 2.17. The molecule has 0 saturated carbocycles. The predicted molar refractivity (Wildman–Crippen MR) is 115 cm³/mol. The summed E-state index contributed by atoms with van der Waals surface area (Å²) in [5.74, 6) is -0.0854. The van der Waals surface area contributed by atoms with E-state index in [1.54, 1.807) is 0 Å². The van der Waals surface area contributed by atoms with E-state index < -0.39 is 8.32 Å². The molecule has 0 aliphatic heterocycles. The van der Waals surface area contributed by atoms with Gasteiger partial charge in [0.05, 0.1) is 13.2 Å². The third kappa shape index (κ3) is 18.2. The Balaban J connectivity index is 3.90. The van der Waals surface area contributed by atoms with E-state index in [1.165, 1.54) is 64.9 Å². The fraction of sp³-hybridized carbons (Fsp3) is 0.864. The summed E-state index contributed by atoms with van der Waals surface area (Å²) in [4.78, 5) is 11.1. The van der Waals surface area contributed by atoms with Crippen molar-refractivity contribution in [2.75, 3.05) is 7.11 Å². The number of methoxy groups -OCH3 is 1. The molecular weight excluding hydrogens is 340 g/mol. The zero-order valence-corrected chi connectivity index (χ0v) is 19.1. The summed E-state index contributed by atoms with van der Waals surface area (Å²) in [6.45, 7) is 9.08. The van der Waals surface area contributed by atoms with Gasteiger partial charge in [-0.3, -0.25) is 4.79 Å². The Morgan fingerprint density at radius 1 is 0.923 bits per heavy atom. The average Bonchev–Trinajstić information content (AvgIpc) is 2.58. The molecule has 3 nitrogen and oxygen atoms in total. The fourth-order valence-corrected chi connectivity index (χ4v) is 4.11. The number of rotatable bonds is 17. The Morgan fingerprint density at radius 3 is 2.15 bits per heavy atom. The predicted octanol–water partition coefficient (Wildman–Crippen LogP) is 7.03. The molecule has 4 heteroatoms. The van der Waals surface area contributed by atoms with Crippen LogP contribution in [-0.2, 0) is 14.0 Å². The molecular formula is C22H44O3Si. The minimum absolute atomic E-state index is 0.0854. The maximum atomic E-state index is 11.1. The van der Waals surface area contributed by atoms with Gasteiger partial charge in [-0.1, -0.05) is 70.4 Å². The highest BCUT2D eigenvalue weighted by atomic mass is 28.4. The normalized spacial score (nSPS) is 13.3. The van der Waals surface area contributed by atoms with E-state index >= 15 is 0 Å². The highest BCUT2D eigenvalue weighted by molar-refractivity contribution is 6.69. The van der Waals surface area contributed by atoms with Crippen molar-refractivity contribution in [2.24, 2.45) is 0 Å². The van der Waals surface area contributed by atoms with E-state index in [0.717, 1.165) is 19.3 Å². The van der Waals surface area contributed by atoms with E-state index in [1.807, 2.05) is 0 Å². The van der Waals surface area contributed by atoms with Crippen molar-refractivity contribution in [3.63, 3.8) is 0 Å². The molecule has 0 aliphatic rings. The number of esters is 1. The SMILES string of the molecule is CCCCCC/C=C/C(CCCCCCCCC(=O)OC)O[Si](C)(C)C. The molecule has 0 spiro atoms. The summed E-state index contributed by atoms with van der Waals surface area (Å²) in [6.07, 6.45) is 20.2. The topological polar surface area (TPSA) is 35.5 Å². The molecule has 26 heavy (non-hydrogen) atoms. The molecule has 0 rings (SSSR count). The van der Waals surface area contributed by atoms with Gasteiger partial charge in [0, 0.05) is 6.42 Å². The first-order valence-corrected chi connectivity index (χ1v) is 14.2. The van der Waals surface area contributed by atoms with Crippen LogP contribution in [0, 0.1) is 0 Å². The number of carbonyl (C=O) groups is 1. The van der Waals surface area contributed by atoms with Crippen molar-refractivity contribution in [2.45, 2.75) is 116 Å². The van der Waals surface area contributed by atoms with E-state index in [-0.39, 0.29) is 5.97 Å². The summed E-state index contributed by atoms with van der Waals surface area (Å²) in [5.41, 5.74) is 0. The van der Waals surface area contributed by atoms with Gasteiger partial charge in [-0.25, -0.2) is 0 Å². The van der Waals surface area contributed by atoms with Gasteiger partial charge in [-0.15, -0.1) is 0 Å². The van der Waals surface area contributed by atoms with Gasteiger partial charge in [0.25, 0.3) is 0 Å². The first-order chi connectivity index (χ1) is 12.4. The molecule has 0 heterocycles. The number of hydrogen-bond acceptors (Lipinski definition) is 3. The number of carbonyl (C=O) groups excluding carboxylic acids is 1. The van der Waals surface area contributed by atoms with Crippen molar-refractivity contribution in [1.82, 2.24) is 0 Å². The fourth-order valence-electron chi connectivity index (χ4n) is 3.01. The van der Waals surface area contributed by atoms with Crippen LogP contribution >= 0.6 is 0 Å². The molecule has 1 atom stereocenters. The van der Waals surface area contributed by atoms with E-state index in [9.17, 15) is 4.79 Å². The average molecular weight is 385 g/mol. The zero-order valence-electron chi connectivity index (χ0n) is 18.1. The number of unbranched alkanes of at least 4 members (excludes halogenated alkanes) is 9. The Bertz CT molecular complexity index is 361. The second kappa shape index (κ2) is 16.6. The maximum Gasteiger partial charge on any atom is 0.305 e. The van der Waals surface area contributed by atoms with Crippen LogP contribution in [0.2, 0.25) is 19.6 Å². The minimum atomic E-state index is -1.50. The second-order valence-electron chi connectivity index (χ2n) is 8.28. The Hall–Kier alpha value is -0.613. The molecule has 0 saturated heterocycles. The second-order valence-corrected chi connectivity index (χ2v) is 12.7. The van der Waals surface area contributed by atoms with Crippen molar-refractivity contribution < 1.29 is 14.0 Å². The number of allylic oxidation sites excluding steroid dienone is 1. The molecule has 154 valence electrons. The molecule has 0 bridgehead atoms. The van der Waals surface area contributed by atoms with Crippen LogP contribution in [-0.4, -0.2) is 27.5 Å². The van der Waals surface area contributed by atoms with Crippen LogP contribution in [0.1, 0.15) is 90.4 Å². The van der Waals surface area contributed by atoms with Gasteiger partial charge < -0.3 is 9.16 Å². The molecule has 0 fully saturated rings. The summed E-state index contributed by atoms with van der Waals surface area (Å²) in [5, 5.41) is 0. The molecule has 1 unspecified atom stereocenters. The quantitative estimate of drug-likeness (QED) is 0.117. The van der Waals surface area contributed by atoms with Crippen LogP contribution < -0.4 is 0 Å². The highest BCUT2D eigenvalue weighted by Gasteiger charge is 2.19. The van der Waals surface area contributed by atoms with Crippen LogP contribution in [0.3, 0.4) is 0 Å². The lowest BCUT2D eigenvalue weighted by Gasteiger charge is -2.24. The van der Waals surface area contributed by atoms with Crippen LogP contribution in [0.5, 0.6) is 0 Å². The van der Waals surface area contributed by atoms with Crippen molar-refractivity contribution in [3.8, 4) is 0 Å². The largest absolute Gasteiger partial charge is 0.469 e. The van der Waals surface area contributed by atoms with Gasteiger partial charge in [-0.2, -0.15) is 0 Å². The standard InChI is InChI=1S/C22H44O3Si/c1-6-7-8-9-12-15-18-21(25-26(3,4)5)19-16-13-10-11-14-17-20-22(23)24-2/h15,18,21H,6-14,16-17,19-20H2,1-5H3/b18-15+. The lowest BCUT2D eigenvalue weighted by atomic mass is 10.1. The van der Waals surface area contributed by atoms with E-state index in [2.05, 4.69) is 43.5 Å². The van der Waals surface area contributed by atoms with E-state index in [4.69, 9.17) is 4.43 Å². The van der Waals surface area contributed by atoms with E-state index in [0.29, 0.717) is 12.5 Å². The molecule has 0 aromatic heterocycles. The first-order valence-electron chi connectivity index (χ1n) is 10.8.